The van der Waals surface area contributed by atoms with Gasteiger partial charge in [0.25, 0.3) is 0 Å². The number of hydrogen-bond acceptors (Lipinski definition) is 3. The highest BCUT2D eigenvalue weighted by Crippen LogP contribution is 2.11. The van der Waals surface area contributed by atoms with Gasteiger partial charge in [0.15, 0.2) is 0 Å². The molecule has 0 aliphatic carbocycles. The lowest BCUT2D eigenvalue weighted by Crippen LogP contribution is -2.16. The van der Waals surface area contributed by atoms with Gasteiger partial charge in [-0.25, -0.2) is 0 Å². The summed E-state index contributed by atoms with van der Waals surface area (Å²) in [6.45, 7) is 5.91. The number of rotatable bonds is 10. The minimum atomic E-state index is 0.868. The van der Waals surface area contributed by atoms with E-state index in [0.717, 1.165) is 32.7 Å². The molecular weight excluding hydrogens is 236 g/mol. The zero-order chi connectivity index (χ0) is 13.9. The van der Waals surface area contributed by atoms with E-state index >= 15 is 0 Å². The van der Waals surface area contributed by atoms with Crippen LogP contribution in [0.25, 0.3) is 0 Å². The highest BCUT2D eigenvalue weighted by Gasteiger charge is 1.96. The predicted molar refractivity (Wildman–Crippen MR) is 82.8 cm³/mol. The molecule has 1 N–H and O–H groups in total. The van der Waals surface area contributed by atoms with E-state index in [1.807, 2.05) is 0 Å². The van der Waals surface area contributed by atoms with Crippen LogP contribution in [0.1, 0.15) is 31.7 Å². The van der Waals surface area contributed by atoms with Gasteiger partial charge in [0.05, 0.1) is 0 Å². The van der Waals surface area contributed by atoms with Crippen LogP contribution in [-0.2, 0) is 11.3 Å². The number of nitrogens with zero attached hydrogens (tertiary/aromatic N) is 1. The van der Waals surface area contributed by atoms with Crippen molar-refractivity contribution in [3.8, 4) is 0 Å². The van der Waals surface area contributed by atoms with E-state index in [9.17, 15) is 0 Å². The standard InChI is InChI=1S/C16H28N2O/c1-4-5-12-19-13-6-11-17-14-15-7-9-16(10-8-15)18(2)3/h7-10,17H,4-6,11-14H2,1-3H3. The minimum absolute atomic E-state index is 0.868. The Morgan fingerprint density at radius 2 is 1.74 bits per heavy atom. The van der Waals surface area contributed by atoms with Crippen molar-refractivity contribution in [2.24, 2.45) is 0 Å². The van der Waals surface area contributed by atoms with Gasteiger partial charge >= 0.3 is 0 Å². The van der Waals surface area contributed by atoms with E-state index in [0.29, 0.717) is 0 Å². The Hall–Kier alpha value is -1.06. The molecule has 0 heterocycles. The fraction of sp³-hybridized carbons (Fsp3) is 0.625. The van der Waals surface area contributed by atoms with Crippen LogP contribution >= 0.6 is 0 Å². The van der Waals surface area contributed by atoms with Gasteiger partial charge in [0, 0.05) is 39.5 Å². The van der Waals surface area contributed by atoms with Crippen LogP contribution in [0, 0.1) is 0 Å². The lowest BCUT2D eigenvalue weighted by molar-refractivity contribution is 0.129. The molecule has 0 bridgehead atoms. The number of benzene rings is 1. The molecule has 3 heteroatoms. The van der Waals surface area contributed by atoms with E-state index in [-0.39, 0.29) is 0 Å². The Morgan fingerprint density at radius 1 is 1.05 bits per heavy atom. The first kappa shape index (κ1) is 16.0. The smallest absolute Gasteiger partial charge is 0.0478 e. The van der Waals surface area contributed by atoms with Gasteiger partial charge in [0.2, 0.25) is 0 Å². The van der Waals surface area contributed by atoms with E-state index in [2.05, 4.69) is 55.5 Å². The molecule has 0 amide bonds. The Kier molecular flexibility index (Phi) is 8.26. The number of ether oxygens (including phenoxy) is 1. The summed E-state index contributed by atoms with van der Waals surface area (Å²) < 4.78 is 5.52. The summed E-state index contributed by atoms with van der Waals surface area (Å²) in [6.07, 6.45) is 3.46. The van der Waals surface area contributed by atoms with Crippen LogP contribution in [0.4, 0.5) is 5.69 Å². The predicted octanol–water partition coefficient (Wildman–Crippen LogP) is 3.05. The third-order valence-electron chi connectivity index (χ3n) is 3.07. The maximum Gasteiger partial charge on any atom is 0.0478 e. The fourth-order valence-corrected chi connectivity index (χ4v) is 1.79. The lowest BCUT2D eigenvalue weighted by Gasteiger charge is -2.13. The molecule has 19 heavy (non-hydrogen) atoms. The van der Waals surface area contributed by atoms with Crippen LogP contribution in [0.5, 0.6) is 0 Å². The quantitative estimate of drug-likeness (QED) is 0.657. The molecule has 1 aromatic rings. The van der Waals surface area contributed by atoms with Crippen molar-refractivity contribution in [2.75, 3.05) is 38.8 Å². The minimum Gasteiger partial charge on any atom is -0.381 e. The van der Waals surface area contributed by atoms with Crippen LogP contribution in [-0.4, -0.2) is 33.9 Å². The van der Waals surface area contributed by atoms with E-state index in [1.165, 1.54) is 24.1 Å². The molecular formula is C16H28N2O. The monoisotopic (exact) mass is 264 g/mol. The number of nitrogens with one attached hydrogen (secondary N) is 1. The van der Waals surface area contributed by atoms with Crippen LogP contribution < -0.4 is 10.2 Å². The Bertz CT molecular complexity index is 322. The summed E-state index contributed by atoms with van der Waals surface area (Å²) in [6, 6.07) is 8.68. The van der Waals surface area contributed by atoms with Crippen LogP contribution in [0.3, 0.4) is 0 Å². The lowest BCUT2D eigenvalue weighted by atomic mass is 10.2. The molecule has 0 unspecified atom stereocenters. The van der Waals surface area contributed by atoms with Gasteiger partial charge < -0.3 is 15.0 Å². The van der Waals surface area contributed by atoms with Crippen molar-refractivity contribution in [3.05, 3.63) is 29.8 Å². The molecule has 0 saturated heterocycles. The third-order valence-corrected chi connectivity index (χ3v) is 3.07. The van der Waals surface area contributed by atoms with Crippen molar-refractivity contribution in [3.63, 3.8) is 0 Å². The van der Waals surface area contributed by atoms with Crippen molar-refractivity contribution in [1.29, 1.82) is 0 Å². The molecule has 0 atom stereocenters. The SMILES string of the molecule is CCCCOCCCNCc1ccc(N(C)C)cc1. The number of hydrogen-bond donors (Lipinski definition) is 1. The molecule has 3 nitrogen and oxygen atoms in total. The molecule has 0 aliphatic rings. The van der Waals surface area contributed by atoms with Crippen molar-refractivity contribution >= 4 is 5.69 Å². The van der Waals surface area contributed by atoms with Crippen molar-refractivity contribution < 1.29 is 4.74 Å². The maximum atomic E-state index is 5.52. The van der Waals surface area contributed by atoms with Gasteiger partial charge in [-0.05, 0) is 37.1 Å². The number of anilines is 1. The topological polar surface area (TPSA) is 24.5 Å². The van der Waals surface area contributed by atoms with Gasteiger partial charge in [0.1, 0.15) is 0 Å². The first-order valence-corrected chi connectivity index (χ1v) is 7.28. The van der Waals surface area contributed by atoms with Crippen molar-refractivity contribution in [1.82, 2.24) is 5.32 Å². The summed E-state index contributed by atoms with van der Waals surface area (Å²) in [4.78, 5) is 2.12. The molecule has 0 spiro atoms. The second kappa shape index (κ2) is 9.82. The summed E-state index contributed by atoms with van der Waals surface area (Å²) >= 11 is 0. The molecule has 1 aromatic carbocycles. The Labute approximate surface area is 118 Å². The van der Waals surface area contributed by atoms with Gasteiger partial charge in [-0.1, -0.05) is 25.5 Å². The summed E-state index contributed by atoms with van der Waals surface area (Å²) in [5, 5.41) is 3.45. The largest absolute Gasteiger partial charge is 0.381 e. The Morgan fingerprint density at radius 3 is 2.37 bits per heavy atom. The molecule has 108 valence electrons. The summed E-state index contributed by atoms with van der Waals surface area (Å²) in [7, 11) is 4.12. The third kappa shape index (κ3) is 7.19. The summed E-state index contributed by atoms with van der Waals surface area (Å²) in [5.74, 6) is 0. The number of unbranched alkanes of at least 4 members (excludes halogenated alkanes) is 1. The molecule has 0 saturated carbocycles. The van der Waals surface area contributed by atoms with Crippen LogP contribution in [0.15, 0.2) is 24.3 Å². The van der Waals surface area contributed by atoms with E-state index in [1.54, 1.807) is 0 Å². The highest BCUT2D eigenvalue weighted by atomic mass is 16.5. The first-order chi connectivity index (χ1) is 9.24. The van der Waals surface area contributed by atoms with Crippen molar-refractivity contribution in [2.45, 2.75) is 32.7 Å². The molecule has 0 aliphatic heterocycles. The van der Waals surface area contributed by atoms with Gasteiger partial charge in [-0.3, -0.25) is 0 Å². The zero-order valence-corrected chi connectivity index (χ0v) is 12.6. The van der Waals surface area contributed by atoms with E-state index in [4.69, 9.17) is 4.74 Å². The maximum absolute atomic E-state index is 5.52. The van der Waals surface area contributed by atoms with Gasteiger partial charge in [-0.2, -0.15) is 0 Å². The normalized spacial score (nSPS) is 10.7. The van der Waals surface area contributed by atoms with Gasteiger partial charge in [-0.15, -0.1) is 0 Å². The molecule has 1 rings (SSSR count). The molecule has 0 fully saturated rings. The summed E-state index contributed by atoms with van der Waals surface area (Å²) in [5.41, 5.74) is 2.57. The highest BCUT2D eigenvalue weighted by molar-refractivity contribution is 5.45. The molecule has 0 aromatic heterocycles. The second-order valence-corrected chi connectivity index (χ2v) is 5.06. The zero-order valence-electron chi connectivity index (χ0n) is 12.6. The fourth-order valence-electron chi connectivity index (χ4n) is 1.79. The second-order valence-electron chi connectivity index (χ2n) is 5.06. The molecule has 0 radical (unpaired) electrons. The average Bonchev–Trinajstić information content (AvgIpc) is 2.42. The van der Waals surface area contributed by atoms with Crippen LogP contribution in [0.2, 0.25) is 0 Å². The van der Waals surface area contributed by atoms with E-state index < -0.39 is 0 Å². The average molecular weight is 264 g/mol. The Balaban J connectivity index is 2.06. The first-order valence-electron chi connectivity index (χ1n) is 7.28.